The van der Waals surface area contributed by atoms with Crippen LogP contribution in [0.4, 0.5) is 5.82 Å². The first-order chi connectivity index (χ1) is 6.77. The summed E-state index contributed by atoms with van der Waals surface area (Å²) in [5.74, 6) is 0.676. The third-order valence-corrected chi connectivity index (χ3v) is 2.83. The van der Waals surface area contributed by atoms with Crippen molar-refractivity contribution in [3.8, 4) is 0 Å². The SMILES string of the molecule is C[As](C)C=Nc1ncnc2nc[nH]c12. The van der Waals surface area contributed by atoms with Gasteiger partial charge in [-0.05, 0) is 0 Å². The van der Waals surface area contributed by atoms with Crippen LogP contribution in [0.1, 0.15) is 0 Å². The van der Waals surface area contributed by atoms with Gasteiger partial charge in [0.05, 0.1) is 0 Å². The number of hydrogen-bond donors (Lipinski definition) is 1. The molecule has 0 saturated carbocycles. The van der Waals surface area contributed by atoms with Crippen molar-refractivity contribution in [2.24, 2.45) is 4.99 Å². The fourth-order valence-corrected chi connectivity index (χ4v) is 1.73. The monoisotopic (exact) mass is 251 g/mol. The Morgan fingerprint density at radius 3 is 3.00 bits per heavy atom. The molecule has 2 aromatic heterocycles. The molecule has 5 nitrogen and oxygen atoms in total. The minimum absolute atomic E-state index is 0.665. The van der Waals surface area contributed by atoms with E-state index >= 15 is 0 Å². The average Bonchev–Trinajstić information content (AvgIpc) is 2.62. The molecule has 0 aromatic carbocycles. The summed E-state index contributed by atoms with van der Waals surface area (Å²) in [4.78, 5) is 19.4. The van der Waals surface area contributed by atoms with E-state index in [1.807, 2.05) is 5.00 Å². The number of fused-ring (bicyclic) bond motifs is 1. The van der Waals surface area contributed by atoms with Crippen molar-refractivity contribution in [2.75, 3.05) is 0 Å². The molecule has 0 aliphatic carbocycles. The molecule has 2 rings (SSSR count). The van der Waals surface area contributed by atoms with Gasteiger partial charge in [0, 0.05) is 0 Å². The second-order valence-electron chi connectivity index (χ2n) is 3.01. The van der Waals surface area contributed by atoms with E-state index in [4.69, 9.17) is 0 Å². The van der Waals surface area contributed by atoms with Gasteiger partial charge >= 0.3 is 85.6 Å². The molecule has 1 N–H and O–H groups in total. The van der Waals surface area contributed by atoms with E-state index in [0.29, 0.717) is 11.5 Å². The van der Waals surface area contributed by atoms with Gasteiger partial charge in [-0.1, -0.05) is 0 Å². The number of rotatable bonds is 2. The summed E-state index contributed by atoms with van der Waals surface area (Å²) >= 11 is -0.848. The molecule has 6 heteroatoms. The Morgan fingerprint density at radius 1 is 1.36 bits per heavy atom. The minimum atomic E-state index is -0.848. The first kappa shape index (κ1) is 9.34. The first-order valence-corrected chi connectivity index (χ1v) is 8.96. The van der Waals surface area contributed by atoms with Gasteiger partial charge in [0.15, 0.2) is 0 Å². The normalized spacial score (nSPS) is 11.9. The molecule has 0 fully saturated rings. The van der Waals surface area contributed by atoms with E-state index < -0.39 is 14.7 Å². The van der Waals surface area contributed by atoms with E-state index in [9.17, 15) is 0 Å². The van der Waals surface area contributed by atoms with E-state index in [1.165, 1.54) is 6.33 Å². The molecular formula is C8H10AsN5. The van der Waals surface area contributed by atoms with Crippen LogP contribution in [0.3, 0.4) is 0 Å². The standard InChI is InChI=1S/C8H10AsN5/c1-9(2)3-10-7-6-8(12-4-11-6)14-5-13-7/h3-5H,1-2H3,(H,11,12,13,14). The number of aromatic nitrogens is 4. The van der Waals surface area contributed by atoms with Crippen molar-refractivity contribution in [2.45, 2.75) is 11.4 Å². The third-order valence-electron chi connectivity index (χ3n) is 1.61. The van der Waals surface area contributed by atoms with Gasteiger partial charge in [-0.15, -0.1) is 0 Å². The Kier molecular flexibility index (Phi) is 2.59. The van der Waals surface area contributed by atoms with Crippen molar-refractivity contribution in [3.05, 3.63) is 12.7 Å². The molecule has 0 amide bonds. The molecule has 0 saturated heterocycles. The van der Waals surface area contributed by atoms with Gasteiger partial charge in [-0.25, -0.2) is 0 Å². The van der Waals surface area contributed by atoms with Crippen LogP contribution in [-0.4, -0.2) is 39.6 Å². The topological polar surface area (TPSA) is 66.8 Å². The molecule has 14 heavy (non-hydrogen) atoms. The van der Waals surface area contributed by atoms with Crippen molar-refractivity contribution in [3.63, 3.8) is 0 Å². The summed E-state index contributed by atoms with van der Waals surface area (Å²) in [7, 11) is 0. The van der Waals surface area contributed by atoms with Crippen LogP contribution in [0.5, 0.6) is 0 Å². The van der Waals surface area contributed by atoms with Gasteiger partial charge in [0.1, 0.15) is 0 Å². The van der Waals surface area contributed by atoms with E-state index in [0.717, 1.165) is 5.52 Å². The Morgan fingerprint density at radius 2 is 2.21 bits per heavy atom. The summed E-state index contributed by atoms with van der Waals surface area (Å²) in [6, 6.07) is 0. The summed E-state index contributed by atoms with van der Waals surface area (Å²) in [5.41, 5.74) is 5.89. The third kappa shape index (κ3) is 1.82. The Labute approximate surface area is 86.0 Å². The van der Waals surface area contributed by atoms with E-state index in [-0.39, 0.29) is 0 Å². The molecule has 2 aromatic rings. The fraction of sp³-hybridized carbons (Fsp3) is 0.250. The van der Waals surface area contributed by atoms with Crippen LogP contribution in [0.25, 0.3) is 11.2 Å². The number of imidazole rings is 1. The summed E-state index contributed by atoms with van der Waals surface area (Å²) in [5, 5.41) is 2.00. The van der Waals surface area contributed by atoms with Crippen LogP contribution in [0, 0.1) is 0 Å². The number of H-pyrrole nitrogens is 1. The zero-order valence-electron chi connectivity index (χ0n) is 7.97. The Hall–Kier alpha value is -1.22. The maximum atomic E-state index is 4.32. The quantitative estimate of drug-likeness (QED) is 0.647. The van der Waals surface area contributed by atoms with Crippen LogP contribution in [-0.2, 0) is 0 Å². The van der Waals surface area contributed by atoms with Gasteiger partial charge in [-0.2, -0.15) is 0 Å². The van der Waals surface area contributed by atoms with Crippen molar-refractivity contribution in [1.82, 2.24) is 19.9 Å². The molecule has 0 bridgehead atoms. The molecule has 0 unspecified atom stereocenters. The number of nitrogens with zero attached hydrogens (tertiary/aromatic N) is 4. The maximum absolute atomic E-state index is 4.32. The van der Waals surface area contributed by atoms with E-state index in [1.54, 1.807) is 6.33 Å². The Balaban J connectivity index is 2.46. The predicted octanol–water partition coefficient (Wildman–Crippen LogP) is 1.35. The molecule has 2 heterocycles. The Bertz CT molecular complexity index is 461. The molecular weight excluding hydrogens is 241 g/mol. The molecule has 0 radical (unpaired) electrons. The van der Waals surface area contributed by atoms with E-state index in [2.05, 4.69) is 36.4 Å². The van der Waals surface area contributed by atoms with Crippen LogP contribution in [0.15, 0.2) is 17.6 Å². The van der Waals surface area contributed by atoms with Gasteiger partial charge < -0.3 is 0 Å². The van der Waals surface area contributed by atoms with Crippen molar-refractivity contribution in [1.29, 1.82) is 0 Å². The average molecular weight is 251 g/mol. The second kappa shape index (κ2) is 3.88. The van der Waals surface area contributed by atoms with Gasteiger partial charge in [0.25, 0.3) is 0 Å². The fourth-order valence-electron chi connectivity index (χ4n) is 1.02. The van der Waals surface area contributed by atoms with Crippen LogP contribution < -0.4 is 0 Å². The summed E-state index contributed by atoms with van der Waals surface area (Å²) in [6.07, 6.45) is 3.09. The van der Waals surface area contributed by atoms with Crippen LogP contribution in [0.2, 0.25) is 11.4 Å². The molecule has 0 spiro atoms. The van der Waals surface area contributed by atoms with Gasteiger partial charge in [0.2, 0.25) is 0 Å². The zero-order chi connectivity index (χ0) is 9.97. The molecule has 0 atom stereocenters. The summed E-state index contributed by atoms with van der Waals surface area (Å²) in [6.45, 7) is 0. The first-order valence-electron chi connectivity index (χ1n) is 4.12. The molecule has 0 aliphatic rings. The number of aliphatic imine (C=N–C) groups is 1. The van der Waals surface area contributed by atoms with Crippen molar-refractivity contribution >= 4 is 36.6 Å². The summed E-state index contributed by atoms with van der Waals surface area (Å²) < 4.78 is 0. The second-order valence-corrected chi connectivity index (χ2v) is 7.53. The zero-order valence-corrected chi connectivity index (χ0v) is 9.84. The number of nitrogens with one attached hydrogen (secondary N) is 1. The molecule has 0 aliphatic heterocycles. The van der Waals surface area contributed by atoms with Crippen molar-refractivity contribution < 1.29 is 0 Å². The number of hydrogen-bond acceptors (Lipinski definition) is 4. The van der Waals surface area contributed by atoms with Gasteiger partial charge in [-0.3, -0.25) is 0 Å². The molecule has 72 valence electrons. The number of aromatic amines is 1. The predicted molar refractivity (Wildman–Crippen MR) is 57.3 cm³/mol. The van der Waals surface area contributed by atoms with Crippen LogP contribution >= 0.6 is 0 Å².